The molecule has 2 aromatic rings. The largest absolute Gasteiger partial charge is 0.324 e. The molecule has 0 amide bonds. The van der Waals surface area contributed by atoms with Gasteiger partial charge in [-0.1, -0.05) is 31.2 Å². The van der Waals surface area contributed by atoms with Crippen LogP contribution in [0.4, 0.5) is 0 Å². The van der Waals surface area contributed by atoms with Gasteiger partial charge in [0.05, 0.1) is 6.20 Å². The smallest absolute Gasteiger partial charge is 0.0571 e. The number of nitrogens with zero attached hydrogens (tertiary/aromatic N) is 2. The first kappa shape index (κ1) is 12.8. The van der Waals surface area contributed by atoms with Crippen LogP contribution in [0.3, 0.4) is 0 Å². The van der Waals surface area contributed by atoms with Crippen LogP contribution in [0, 0.1) is 6.92 Å². The molecule has 1 aromatic heterocycles. The van der Waals surface area contributed by atoms with E-state index in [1.807, 2.05) is 10.9 Å². The molecular formula is C15H21N3. The summed E-state index contributed by atoms with van der Waals surface area (Å²) in [6.45, 7) is 7.23. The molecule has 0 aliphatic heterocycles. The standard InChI is InChI=1S/C15H21N3/c1-4-15(16)13-8-6-12(7-9-13)14-10-17-18(5-2)11(14)3/h6-10,15H,4-5,16H2,1-3H3. The molecule has 0 radical (unpaired) electrons. The summed E-state index contributed by atoms with van der Waals surface area (Å²) in [6.07, 6.45) is 2.90. The van der Waals surface area contributed by atoms with Crippen LogP contribution in [0.2, 0.25) is 0 Å². The van der Waals surface area contributed by atoms with Crippen LogP contribution in [-0.4, -0.2) is 9.78 Å². The fourth-order valence-corrected chi connectivity index (χ4v) is 2.19. The number of hydrogen-bond acceptors (Lipinski definition) is 2. The Kier molecular flexibility index (Phi) is 3.82. The van der Waals surface area contributed by atoms with Crippen molar-refractivity contribution in [3.8, 4) is 11.1 Å². The van der Waals surface area contributed by atoms with Gasteiger partial charge in [0.15, 0.2) is 0 Å². The Balaban J connectivity index is 2.31. The highest BCUT2D eigenvalue weighted by Crippen LogP contribution is 2.25. The zero-order valence-electron chi connectivity index (χ0n) is 11.4. The van der Waals surface area contributed by atoms with E-state index in [0.717, 1.165) is 13.0 Å². The summed E-state index contributed by atoms with van der Waals surface area (Å²) < 4.78 is 2.01. The molecule has 0 fully saturated rings. The van der Waals surface area contributed by atoms with Gasteiger partial charge in [0.1, 0.15) is 0 Å². The molecule has 0 spiro atoms. The molecule has 18 heavy (non-hydrogen) atoms. The lowest BCUT2D eigenvalue weighted by atomic mass is 10.0. The van der Waals surface area contributed by atoms with E-state index in [-0.39, 0.29) is 6.04 Å². The van der Waals surface area contributed by atoms with Crippen LogP contribution in [0.1, 0.15) is 37.6 Å². The second-order valence-corrected chi connectivity index (χ2v) is 4.60. The molecule has 0 aliphatic rings. The van der Waals surface area contributed by atoms with E-state index in [9.17, 15) is 0 Å². The van der Waals surface area contributed by atoms with Crippen molar-refractivity contribution in [1.29, 1.82) is 0 Å². The molecule has 2 N–H and O–H groups in total. The van der Waals surface area contributed by atoms with Crippen LogP contribution >= 0.6 is 0 Å². The summed E-state index contributed by atoms with van der Waals surface area (Å²) in [6, 6.07) is 8.64. The van der Waals surface area contributed by atoms with Crippen LogP contribution in [0.25, 0.3) is 11.1 Å². The van der Waals surface area contributed by atoms with E-state index < -0.39 is 0 Å². The Labute approximate surface area is 109 Å². The maximum atomic E-state index is 6.02. The van der Waals surface area contributed by atoms with Gasteiger partial charge in [0, 0.05) is 23.8 Å². The third kappa shape index (κ3) is 2.31. The third-order valence-electron chi connectivity index (χ3n) is 3.49. The molecule has 0 saturated heterocycles. The highest BCUT2D eigenvalue weighted by Gasteiger charge is 2.08. The SMILES string of the molecule is CCC(N)c1ccc(-c2cnn(CC)c2C)cc1. The van der Waals surface area contributed by atoms with Gasteiger partial charge in [-0.25, -0.2) is 0 Å². The van der Waals surface area contributed by atoms with Gasteiger partial charge in [-0.15, -0.1) is 0 Å². The molecule has 1 unspecified atom stereocenters. The number of rotatable bonds is 4. The summed E-state index contributed by atoms with van der Waals surface area (Å²) in [7, 11) is 0. The van der Waals surface area contributed by atoms with Crippen LogP contribution in [-0.2, 0) is 6.54 Å². The predicted octanol–water partition coefficient (Wildman–Crippen LogP) is 3.29. The maximum absolute atomic E-state index is 6.02. The van der Waals surface area contributed by atoms with E-state index in [2.05, 4.69) is 50.1 Å². The molecule has 0 saturated carbocycles. The molecule has 96 valence electrons. The Morgan fingerprint density at radius 2 is 1.89 bits per heavy atom. The second-order valence-electron chi connectivity index (χ2n) is 4.60. The Morgan fingerprint density at radius 3 is 2.39 bits per heavy atom. The lowest BCUT2D eigenvalue weighted by Gasteiger charge is -2.10. The topological polar surface area (TPSA) is 43.8 Å². The number of aromatic nitrogens is 2. The fraction of sp³-hybridized carbons (Fsp3) is 0.400. The first-order valence-corrected chi connectivity index (χ1v) is 6.55. The lowest BCUT2D eigenvalue weighted by molar-refractivity contribution is 0.640. The van der Waals surface area contributed by atoms with Crippen molar-refractivity contribution in [3.63, 3.8) is 0 Å². The summed E-state index contributed by atoms with van der Waals surface area (Å²) in [5.74, 6) is 0. The van der Waals surface area contributed by atoms with Gasteiger partial charge < -0.3 is 5.73 Å². The van der Waals surface area contributed by atoms with E-state index >= 15 is 0 Å². The van der Waals surface area contributed by atoms with E-state index in [1.165, 1.54) is 22.4 Å². The molecule has 3 heteroatoms. The quantitative estimate of drug-likeness (QED) is 0.895. The van der Waals surface area contributed by atoms with E-state index in [1.54, 1.807) is 0 Å². The molecule has 0 aliphatic carbocycles. The van der Waals surface area contributed by atoms with Crippen molar-refractivity contribution in [2.24, 2.45) is 5.73 Å². The summed E-state index contributed by atoms with van der Waals surface area (Å²) >= 11 is 0. The Hall–Kier alpha value is -1.61. The van der Waals surface area contributed by atoms with Crippen LogP contribution in [0.5, 0.6) is 0 Å². The average molecular weight is 243 g/mol. The Morgan fingerprint density at radius 1 is 1.22 bits per heavy atom. The van der Waals surface area contributed by atoms with Gasteiger partial charge in [0.25, 0.3) is 0 Å². The molecule has 1 aromatic carbocycles. The summed E-state index contributed by atoms with van der Waals surface area (Å²) in [5, 5.41) is 4.38. The number of aryl methyl sites for hydroxylation is 1. The van der Waals surface area contributed by atoms with E-state index in [4.69, 9.17) is 5.73 Å². The highest BCUT2D eigenvalue weighted by molar-refractivity contribution is 5.65. The van der Waals surface area contributed by atoms with Gasteiger partial charge in [-0.3, -0.25) is 4.68 Å². The molecular weight excluding hydrogens is 222 g/mol. The van der Waals surface area contributed by atoms with E-state index in [0.29, 0.717) is 0 Å². The summed E-state index contributed by atoms with van der Waals surface area (Å²) in [4.78, 5) is 0. The fourth-order valence-electron chi connectivity index (χ4n) is 2.19. The number of hydrogen-bond donors (Lipinski definition) is 1. The third-order valence-corrected chi connectivity index (χ3v) is 3.49. The first-order chi connectivity index (χ1) is 8.67. The van der Waals surface area contributed by atoms with Gasteiger partial charge in [-0.05, 0) is 31.4 Å². The maximum Gasteiger partial charge on any atom is 0.0571 e. The molecule has 2 rings (SSSR count). The van der Waals surface area contributed by atoms with Crippen molar-refractivity contribution in [2.75, 3.05) is 0 Å². The molecule has 1 heterocycles. The molecule has 0 bridgehead atoms. The number of benzene rings is 1. The van der Waals surface area contributed by atoms with Crippen molar-refractivity contribution in [1.82, 2.24) is 9.78 Å². The minimum absolute atomic E-state index is 0.138. The highest BCUT2D eigenvalue weighted by atomic mass is 15.3. The van der Waals surface area contributed by atoms with Gasteiger partial charge >= 0.3 is 0 Å². The second kappa shape index (κ2) is 5.36. The molecule has 3 nitrogen and oxygen atoms in total. The van der Waals surface area contributed by atoms with Gasteiger partial charge in [-0.2, -0.15) is 5.10 Å². The Bertz CT molecular complexity index is 511. The van der Waals surface area contributed by atoms with Crippen LogP contribution < -0.4 is 5.73 Å². The molecule has 1 atom stereocenters. The zero-order valence-corrected chi connectivity index (χ0v) is 11.4. The minimum atomic E-state index is 0.138. The number of nitrogens with two attached hydrogens (primary N) is 1. The summed E-state index contributed by atoms with van der Waals surface area (Å²) in [5.41, 5.74) is 10.8. The minimum Gasteiger partial charge on any atom is -0.324 e. The average Bonchev–Trinajstić information content (AvgIpc) is 2.79. The lowest BCUT2D eigenvalue weighted by Crippen LogP contribution is -2.08. The van der Waals surface area contributed by atoms with Gasteiger partial charge in [0.2, 0.25) is 0 Å². The van der Waals surface area contributed by atoms with Crippen molar-refractivity contribution in [2.45, 2.75) is 39.8 Å². The first-order valence-electron chi connectivity index (χ1n) is 6.55. The predicted molar refractivity (Wildman–Crippen MR) is 75.3 cm³/mol. The van der Waals surface area contributed by atoms with Crippen molar-refractivity contribution in [3.05, 3.63) is 41.7 Å². The zero-order chi connectivity index (χ0) is 13.1. The van der Waals surface area contributed by atoms with Crippen molar-refractivity contribution < 1.29 is 0 Å². The normalized spacial score (nSPS) is 12.7. The monoisotopic (exact) mass is 243 g/mol. The van der Waals surface area contributed by atoms with Crippen LogP contribution in [0.15, 0.2) is 30.5 Å². The van der Waals surface area contributed by atoms with Crippen molar-refractivity contribution >= 4 is 0 Å².